The third kappa shape index (κ3) is 17.1. The van der Waals surface area contributed by atoms with Gasteiger partial charge in [-0.05, 0) is 19.3 Å². The van der Waals surface area contributed by atoms with Crippen molar-refractivity contribution in [1.29, 1.82) is 0 Å². The Morgan fingerprint density at radius 1 is 0.640 bits per heavy atom. The van der Waals surface area contributed by atoms with Crippen LogP contribution in [0.4, 0.5) is 0 Å². The van der Waals surface area contributed by atoms with Crippen LogP contribution in [-0.4, -0.2) is 29.9 Å². The summed E-state index contributed by atoms with van der Waals surface area (Å²) in [6, 6.07) is 0. The van der Waals surface area contributed by atoms with E-state index >= 15 is 0 Å². The van der Waals surface area contributed by atoms with Crippen LogP contribution in [0.5, 0.6) is 0 Å². The molecule has 0 heterocycles. The third-order valence-corrected chi connectivity index (χ3v) is 6.30. The van der Waals surface area contributed by atoms with Crippen LogP contribution in [0.25, 0.3) is 0 Å². The predicted octanol–water partition coefficient (Wildman–Crippen LogP) is 5.89. The van der Waals surface area contributed by atoms with Gasteiger partial charge in [-0.25, -0.2) is 0 Å². The van der Waals surface area contributed by atoms with Gasteiger partial charge >= 0.3 is 0 Å². The molecule has 152 valence electrons. The molecule has 0 rings (SSSR count). The van der Waals surface area contributed by atoms with Crippen molar-refractivity contribution in [2.45, 2.75) is 121 Å². The summed E-state index contributed by atoms with van der Waals surface area (Å²) in [5.41, 5.74) is 0. The van der Waals surface area contributed by atoms with E-state index in [1.807, 2.05) is 0 Å². The van der Waals surface area contributed by atoms with Gasteiger partial charge in [-0.3, -0.25) is 4.55 Å². The zero-order valence-electron chi connectivity index (χ0n) is 16.4. The minimum absolute atomic E-state index is 0.273. The Labute approximate surface area is 156 Å². The number of aliphatic hydroxyl groups is 1. The minimum atomic E-state index is -3.90. The van der Waals surface area contributed by atoms with Gasteiger partial charge in [0.05, 0.1) is 5.25 Å². The highest BCUT2D eigenvalue weighted by molar-refractivity contribution is 7.86. The first-order chi connectivity index (χ1) is 12.0. The molecular formula is C20H42O4S. The number of hydrogen-bond acceptors (Lipinski definition) is 3. The second kappa shape index (κ2) is 17.3. The average Bonchev–Trinajstić information content (AvgIpc) is 2.56. The molecule has 25 heavy (non-hydrogen) atoms. The standard InChI is InChI=1S/C20H42O4S/c1-2-3-4-5-6-8-11-14-17-20(25(22,23)24)18-15-12-9-7-10-13-16-19-21/h20-21H,2-19H2,1H3,(H,22,23,24). The number of aliphatic hydroxyl groups excluding tert-OH is 1. The number of unbranched alkanes of at least 4 members (excludes halogenated alkanes) is 13. The highest BCUT2D eigenvalue weighted by atomic mass is 32.2. The largest absolute Gasteiger partial charge is 0.396 e. The van der Waals surface area contributed by atoms with Crippen LogP contribution in [0, 0.1) is 0 Å². The molecular weight excluding hydrogens is 336 g/mol. The fourth-order valence-electron chi connectivity index (χ4n) is 3.32. The van der Waals surface area contributed by atoms with E-state index in [0.717, 1.165) is 57.8 Å². The summed E-state index contributed by atoms with van der Waals surface area (Å²) in [5.74, 6) is 0. The van der Waals surface area contributed by atoms with E-state index in [9.17, 15) is 13.0 Å². The topological polar surface area (TPSA) is 74.6 Å². The first-order valence-corrected chi connectivity index (χ1v) is 12.1. The van der Waals surface area contributed by atoms with Gasteiger partial charge in [0.25, 0.3) is 10.1 Å². The molecule has 0 aromatic rings. The summed E-state index contributed by atoms with van der Waals surface area (Å²) in [4.78, 5) is 0. The van der Waals surface area contributed by atoms with E-state index in [1.165, 1.54) is 38.5 Å². The molecule has 0 radical (unpaired) electrons. The van der Waals surface area contributed by atoms with Crippen LogP contribution in [0.1, 0.15) is 116 Å². The highest BCUT2D eigenvalue weighted by Gasteiger charge is 2.21. The van der Waals surface area contributed by atoms with Crippen molar-refractivity contribution in [2.24, 2.45) is 0 Å². The van der Waals surface area contributed by atoms with E-state index in [1.54, 1.807) is 0 Å². The molecule has 4 nitrogen and oxygen atoms in total. The molecule has 1 unspecified atom stereocenters. The van der Waals surface area contributed by atoms with E-state index in [-0.39, 0.29) is 6.61 Å². The van der Waals surface area contributed by atoms with Crippen LogP contribution in [0.2, 0.25) is 0 Å². The SMILES string of the molecule is CCCCCCCCCCC(CCCCCCCCCO)S(=O)(=O)O. The van der Waals surface area contributed by atoms with Crippen LogP contribution in [-0.2, 0) is 10.1 Å². The molecule has 0 amide bonds. The molecule has 0 aliphatic carbocycles. The minimum Gasteiger partial charge on any atom is -0.396 e. The molecule has 0 fully saturated rings. The van der Waals surface area contributed by atoms with Crippen molar-refractivity contribution in [3.05, 3.63) is 0 Å². The zero-order chi connectivity index (χ0) is 18.8. The van der Waals surface area contributed by atoms with Crippen molar-refractivity contribution < 1.29 is 18.1 Å². The summed E-state index contributed by atoms with van der Waals surface area (Å²) in [6.45, 7) is 2.49. The van der Waals surface area contributed by atoms with E-state index in [4.69, 9.17) is 5.11 Å². The van der Waals surface area contributed by atoms with E-state index < -0.39 is 15.4 Å². The fraction of sp³-hybridized carbons (Fsp3) is 1.00. The predicted molar refractivity (Wildman–Crippen MR) is 107 cm³/mol. The van der Waals surface area contributed by atoms with E-state index in [2.05, 4.69) is 6.92 Å². The molecule has 0 spiro atoms. The van der Waals surface area contributed by atoms with Gasteiger partial charge in [-0.1, -0.05) is 96.8 Å². The van der Waals surface area contributed by atoms with Gasteiger partial charge in [0.15, 0.2) is 0 Å². The lowest BCUT2D eigenvalue weighted by molar-refractivity contribution is 0.282. The highest BCUT2D eigenvalue weighted by Crippen LogP contribution is 2.19. The summed E-state index contributed by atoms with van der Waals surface area (Å²) in [5, 5.41) is 8.15. The second-order valence-corrected chi connectivity index (χ2v) is 9.08. The van der Waals surface area contributed by atoms with Crippen LogP contribution in [0.3, 0.4) is 0 Å². The van der Waals surface area contributed by atoms with Gasteiger partial charge in [0.2, 0.25) is 0 Å². The Hall–Kier alpha value is -0.130. The van der Waals surface area contributed by atoms with Crippen molar-refractivity contribution in [3.8, 4) is 0 Å². The second-order valence-electron chi connectivity index (χ2n) is 7.39. The van der Waals surface area contributed by atoms with Crippen molar-refractivity contribution >= 4 is 10.1 Å². The molecule has 0 aromatic carbocycles. The smallest absolute Gasteiger partial charge is 0.267 e. The fourth-order valence-corrected chi connectivity index (χ4v) is 4.24. The van der Waals surface area contributed by atoms with Crippen molar-refractivity contribution in [3.63, 3.8) is 0 Å². The molecule has 2 N–H and O–H groups in total. The summed E-state index contributed by atoms with van der Waals surface area (Å²) in [7, 11) is -3.90. The lowest BCUT2D eigenvalue weighted by Crippen LogP contribution is -2.20. The molecule has 0 aliphatic heterocycles. The Balaban J connectivity index is 3.70. The van der Waals surface area contributed by atoms with Crippen LogP contribution >= 0.6 is 0 Å². The Morgan fingerprint density at radius 2 is 1.00 bits per heavy atom. The molecule has 5 heteroatoms. The average molecular weight is 379 g/mol. The Bertz CT molecular complexity index is 348. The zero-order valence-corrected chi connectivity index (χ0v) is 17.2. The molecule has 1 atom stereocenters. The maximum absolute atomic E-state index is 11.5. The Morgan fingerprint density at radius 3 is 1.36 bits per heavy atom. The van der Waals surface area contributed by atoms with Gasteiger partial charge < -0.3 is 5.11 Å². The lowest BCUT2D eigenvalue weighted by atomic mass is 10.0. The van der Waals surface area contributed by atoms with Crippen molar-refractivity contribution in [1.82, 2.24) is 0 Å². The Kier molecular flexibility index (Phi) is 17.2. The molecule has 0 aliphatic rings. The summed E-state index contributed by atoms with van der Waals surface area (Å²) in [6.07, 6.45) is 18.0. The first-order valence-electron chi connectivity index (χ1n) is 10.6. The number of hydrogen-bond donors (Lipinski definition) is 2. The van der Waals surface area contributed by atoms with Crippen LogP contribution in [0.15, 0.2) is 0 Å². The van der Waals surface area contributed by atoms with E-state index in [0.29, 0.717) is 12.8 Å². The third-order valence-electron chi connectivity index (χ3n) is 4.99. The van der Waals surface area contributed by atoms with Gasteiger partial charge in [0, 0.05) is 6.61 Å². The lowest BCUT2D eigenvalue weighted by Gasteiger charge is -2.13. The molecule has 0 aromatic heterocycles. The maximum atomic E-state index is 11.5. The summed E-state index contributed by atoms with van der Waals surface area (Å²) >= 11 is 0. The maximum Gasteiger partial charge on any atom is 0.267 e. The van der Waals surface area contributed by atoms with Crippen LogP contribution < -0.4 is 0 Å². The monoisotopic (exact) mass is 378 g/mol. The van der Waals surface area contributed by atoms with Crippen molar-refractivity contribution in [2.75, 3.05) is 6.61 Å². The van der Waals surface area contributed by atoms with Gasteiger partial charge in [0.1, 0.15) is 0 Å². The first kappa shape index (κ1) is 24.9. The van der Waals surface area contributed by atoms with Gasteiger partial charge in [-0.2, -0.15) is 8.42 Å². The summed E-state index contributed by atoms with van der Waals surface area (Å²) < 4.78 is 32.5. The quantitative estimate of drug-likeness (QED) is 0.217. The van der Waals surface area contributed by atoms with Gasteiger partial charge in [-0.15, -0.1) is 0 Å². The molecule has 0 saturated carbocycles. The number of rotatable bonds is 19. The molecule has 0 saturated heterocycles. The normalized spacial score (nSPS) is 13.2. The molecule has 0 bridgehead atoms.